The van der Waals surface area contributed by atoms with E-state index in [0.717, 1.165) is 0 Å². The highest BCUT2D eigenvalue weighted by Gasteiger charge is 2.77. The van der Waals surface area contributed by atoms with E-state index >= 15 is 0 Å². The van der Waals surface area contributed by atoms with Gasteiger partial charge >= 0.3 is 5.97 Å². The predicted octanol–water partition coefficient (Wildman–Crippen LogP) is 4.01. The SMILES string of the molecule is CCOC(=O)[C@@]1(C#N)[C@@H](c2ccc(Cl)cc2)[C@@H]1S(=O)(=O)c1ccc(Cl)cc1. The van der Waals surface area contributed by atoms with E-state index in [0.29, 0.717) is 15.6 Å². The van der Waals surface area contributed by atoms with Crippen LogP contribution in [0.3, 0.4) is 0 Å². The fraction of sp³-hybridized carbons (Fsp3) is 0.263. The number of rotatable bonds is 5. The van der Waals surface area contributed by atoms with Crippen LogP contribution in [0.15, 0.2) is 53.4 Å². The van der Waals surface area contributed by atoms with Crippen molar-refractivity contribution in [2.75, 3.05) is 6.61 Å². The first-order valence-electron chi connectivity index (χ1n) is 8.12. The molecule has 3 atom stereocenters. The summed E-state index contributed by atoms with van der Waals surface area (Å²) >= 11 is 11.7. The monoisotopic (exact) mass is 423 g/mol. The molecule has 0 spiro atoms. The van der Waals surface area contributed by atoms with Crippen molar-refractivity contribution in [2.24, 2.45) is 5.41 Å². The van der Waals surface area contributed by atoms with Crippen molar-refractivity contribution in [3.63, 3.8) is 0 Å². The minimum absolute atomic E-state index is 0.00251. The van der Waals surface area contributed by atoms with Gasteiger partial charge in [-0.15, -0.1) is 0 Å². The molecule has 0 aliphatic heterocycles. The van der Waals surface area contributed by atoms with Crippen LogP contribution in [0.5, 0.6) is 0 Å². The van der Waals surface area contributed by atoms with Crippen molar-refractivity contribution in [1.29, 1.82) is 5.26 Å². The summed E-state index contributed by atoms with van der Waals surface area (Å²) in [4.78, 5) is 12.6. The number of ether oxygens (including phenoxy) is 1. The molecule has 140 valence electrons. The fourth-order valence-electron chi connectivity index (χ4n) is 3.33. The van der Waals surface area contributed by atoms with Gasteiger partial charge in [0.15, 0.2) is 15.3 Å². The maximum absolute atomic E-state index is 13.2. The van der Waals surface area contributed by atoms with Crippen molar-refractivity contribution in [2.45, 2.75) is 23.0 Å². The minimum Gasteiger partial charge on any atom is -0.465 e. The molecule has 1 aliphatic carbocycles. The second kappa shape index (κ2) is 7.16. The van der Waals surface area contributed by atoms with Crippen molar-refractivity contribution in [3.8, 4) is 6.07 Å². The van der Waals surface area contributed by atoms with E-state index in [4.69, 9.17) is 27.9 Å². The summed E-state index contributed by atoms with van der Waals surface area (Å²) in [6, 6.07) is 14.0. The van der Waals surface area contributed by atoms with E-state index in [1.54, 1.807) is 31.2 Å². The minimum atomic E-state index is -3.99. The van der Waals surface area contributed by atoms with Crippen molar-refractivity contribution < 1.29 is 17.9 Å². The number of benzene rings is 2. The lowest BCUT2D eigenvalue weighted by Crippen LogP contribution is -2.25. The number of nitrogens with zero attached hydrogens (tertiary/aromatic N) is 1. The topological polar surface area (TPSA) is 84.2 Å². The van der Waals surface area contributed by atoms with Crippen LogP contribution in [0.25, 0.3) is 0 Å². The van der Waals surface area contributed by atoms with Crippen LogP contribution in [0, 0.1) is 16.7 Å². The van der Waals surface area contributed by atoms with Gasteiger partial charge in [0.2, 0.25) is 0 Å². The van der Waals surface area contributed by atoms with Gasteiger partial charge in [-0.3, -0.25) is 4.79 Å². The molecule has 2 aromatic rings. The molecule has 27 heavy (non-hydrogen) atoms. The van der Waals surface area contributed by atoms with Gasteiger partial charge in [0.1, 0.15) is 5.25 Å². The van der Waals surface area contributed by atoms with Gasteiger partial charge in [0.05, 0.1) is 17.6 Å². The Morgan fingerprint density at radius 2 is 1.63 bits per heavy atom. The average Bonchev–Trinajstić information content (AvgIpc) is 3.34. The number of esters is 1. The number of hydrogen-bond acceptors (Lipinski definition) is 5. The van der Waals surface area contributed by atoms with E-state index in [1.165, 1.54) is 24.3 Å². The Hall–Kier alpha value is -2.07. The first kappa shape index (κ1) is 19.7. The van der Waals surface area contributed by atoms with Gasteiger partial charge in [0.25, 0.3) is 0 Å². The third-order valence-electron chi connectivity index (χ3n) is 4.64. The number of carbonyl (C=O) groups is 1. The van der Waals surface area contributed by atoms with Gasteiger partial charge < -0.3 is 4.74 Å². The van der Waals surface area contributed by atoms with Crippen molar-refractivity contribution >= 4 is 39.0 Å². The molecular formula is C19H15Cl2NO4S. The van der Waals surface area contributed by atoms with Gasteiger partial charge in [-0.1, -0.05) is 35.3 Å². The normalized spacial score (nSPS) is 24.1. The summed E-state index contributed by atoms with van der Waals surface area (Å²) in [5.41, 5.74) is -1.26. The zero-order valence-corrected chi connectivity index (χ0v) is 16.6. The van der Waals surface area contributed by atoms with Crippen LogP contribution in [-0.2, 0) is 19.4 Å². The second-order valence-electron chi connectivity index (χ2n) is 6.15. The van der Waals surface area contributed by atoms with Gasteiger partial charge in [-0.05, 0) is 48.9 Å². The lowest BCUT2D eigenvalue weighted by atomic mass is 10.0. The lowest BCUT2D eigenvalue weighted by molar-refractivity contribution is -0.147. The molecule has 0 radical (unpaired) electrons. The summed E-state index contributed by atoms with van der Waals surface area (Å²) in [5, 5.41) is 9.40. The molecule has 1 saturated carbocycles. The molecule has 0 heterocycles. The highest BCUT2D eigenvalue weighted by molar-refractivity contribution is 7.92. The summed E-state index contributed by atoms with van der Waals surface area (Å²) < 4.78 is 31.5. The molecule has 3 rings (SSSR count). The lowest BCUT2D eigenvalue weighted by Gasteiger charge is -2.09. The molecule has 1 aliphatic rings. The molecule has 0 aromatic heterocycles. The molecule has 0 bridgehead atoms. The smallest absolute Gasteiger partial charge is 0.328 e. The average molecular weight is 424 g/mol. The van der Waals surface area contributed by atoms with E-state index in [-0.39, 0.29) is 11.5 Å². The number of carbonyl (C=O) groups excluding carboxylic acids is 1. The van der Waals surface area contributed by atoms with Crippen molar-refractivity contribution in [1.82, 2.24) is 0 Å². The predicted molar refractivity (Wildman–Crippen MR) is 101 cm³/mol. The Labute approximate surface area is 167 Å². The van der Waals surface area contributed by atoms with E-state index < -0.39 is 32.4 Å². The Bertz CT molecular complexity index is 1010. The third-order valence-corrected chi connectivity index (χ3v) is 7.38. The first-order chi connectivity index (χ1) is 12.8. The molecule has 0 amide bonds. The molecule has 0 N–H and O–H groups in total. The van der Waals surface area contributed by atoms with Crippen LogP contribution >= 0.6 is 23.2 Å². The Morgan fingerprint density at radius 1 is 1.11 bits per heavy atom. The quantitative estimate of drug-likeness (QED) is 0.678. The van der Waals surface area contributed by atoms with E-state index in [2.05, 4.69) is 0 Å². The Balaban J connectivity index is 2.12. The highest BCUT2D eigenvalue weighted by Crippen LogP contribution is 2.64. The van der Waals surface area contributed by atoms with Crippen molar-refractivity contribution in [3.05, 3.63) is 64.1 Å². The molecular weight excluding hydrogens is 409 g/mol. The second-order valence-corrected chi connectivity index (χ2v) is 9.09. The molecule has 0 saturated heterocycles. The van der Waals surface area contributed by atoms with Gasteiger partial charge in [0, 0.05) is 16.0 Å². The summed E-state index contributed by atoms with van der Waals surface area (Å²) in [5.74, 6) is -1.69. The molecule has 1 fully saturated rings. The number of sulfone groups is 1. The fourth-order valence-corrected chi connectivity index (χ4v) is 5.83. The molecule has 5 nitrogen and oxygen atoms in total. The molecule has 8 heteroatoms. The first-order valence-corrected chi connectivity index (χ1v) is 10.4. The van der Waals surface area contributed by atoms with E-state index in [9.17, 15) is 18.5 Å². The van der Waals surface area contributed by atoms with E-state index in [1.807, 2.05) is 6.07 Å². The maximum atomic E-state index is 13.2. The van der Waals surface area contributed by atoms with Crippen LogP contribution < -0.4 is 0 Å². The van der Waals surface area contributed by atoms with Crippen LogP contribution in [-0.4, -0.2) is 26.2 Å². The number of hydrogen-bond donors (Lipinski definition) is 0. The van der Waals surface area contributed by atoms with Gasteiger partial charge in [-0.2, -0.15) is 5.26 Å². The van der Waals surface area contributed by atoms with Crippen LogP contribution in [0.2, 0.25) is 10.0 Å². The standard InChI is InChI=1S/C19H15Cl2NO4S/c1-2-26-18(23)19(11-22)16(12-3-5-13(20)6-4-12)17(19)27(24,25)15-9-7-14(21)8-10-15/h3-10,16-17H,2H2,1H3/t16-,17-,19-/m0/s1. The van der Waals surface area contributed by atoms with Crippen LogP contribution in [0.4, 0.5) is 0 Å². The zero-order chi connectivity index (χ0) is 19.8. The summed E-state index contributed by atoms with van der Waals surface area (Å²) in [6.45, 7) is 1.65. The maximum Gasteiger partial charge on any atom is 0.328 e. The number of nitriles is 1. The number of halogens is 2. The Kier molecular flexibility index (Phi) is 5.22. The molecule has 0 unspecified atom stereocenters. The summed E-state index contributed by atoms with van der Waals surface area (Å²) in [7, 11) is -3.99. The molecule has 2 aromatic carbocycles. The van der Waals surface area contributed by atoms with Gasteiger partial charge in [-0.25, -0.2) is 8.42 Å². The Morgan fingerprint density at radius 3 is 2.11 bits per heavy atom. The zero-order valence-electron chi connectivity index (χ0n) is 14.2. The third kappa shape index (κ3) is 3.20. The highest BCUT2D eigenvalue weighted by atomic mass is 35.5. The summed E-state index contributed by atoms with van der Waals surface area (Å²) in [6.07, 6.45) is 0. The largest absolute Gasteiger partial charge is 0.465 e. The van der Waals surface area contributed by atoms with Crippen LogP contribution in [0.1, 0.15) is 18.4 Å².